The highest BCUT2D eigenvalue weighted by atomic mass is 35.5. The van der Waals surface area contributed by atoms with Crippen molar-refractivity contribution in [1.29, 1.82) is 0 Å². The fourth-order valence-electron chi connectivity index (χ4n) is 2.21. The van der Waals surface area contributed by atoms with Gasteiger partial charge >= 0.3 is 0 Å². The average Bonchev–Trinajstić information content (AvgIpc) is 2.44. The molecule has 0 aliphatic carbocycles. The molecule has 2 aromatic rings. The third kappa shape index (κ3) is 2.77. The maximum absolute atomic E-state index is 12.1. The highest BCUT2D eigenvalue weighted by Gasteiger charge is 2.26. The normalized spacial score (nSPS) is 13.8. The van der Waals surface area contributed by atoms with Crippen LogP contribution in [0.25, 0.3) is 0 Å². The van der Waals surface area contributed by atoms with Crippen LogP contribution in [0.3, 0.4) is 0 Å². The van der Waals surface area contributed by atoms with Crippen LogP contribution in [0.4, 0.5) is 11.4 Å². The molecule has 0 saturated heterocycles. The number of amides is 1. The van der Waals surface area contributed by atoms with E-state index in [1.54, 1.807) is 41.3 Å². The van der Waals surface area contributed by atoms with Gasteiger partial charge in [-0.15, -0.1) is 0 Å². The Balaban J connectivity index is 1.98. The Morgan fingerprint density at radius 2 is 2.00 bits per heavy atom. The van der Waals surface area contributed by atoms with Crippen molar-refractivity contribution in [3.8, 4) is 5.75 Å². The number of hydrogen-bond acceptors (Lipinski definition) is 3. The first-order valence-electron chi connectivity index (χ1n) is 6.31. The molecule has 1 amide bonds. The molecule has 0 aromatic heterocycles. The Kier molecular flexibility index (Phi) is 3.66. The number of benzene rings is 2. The molecule has 6 heteroatoms. The standard InChI is InChI=1S/C15H12Cl2N2O2/c16-10-2-1-9(12(17)5-10)7-19-13-6-11(18)3-4-14(13)21-8-15(19)20/h1-6H,7-8,18H2. The molecule has 1 aliphatic rings. The summed E-state index contributed by atoms with van der Waals surface area (Å²) in [6.07, 6.45) is 0. The van der Waals surface area contributed by atoms with Crippen molar-refractivity contribution >= 4 is 40.5 Å². The van der Waals surface area contributed by atoms with Crippen LogP contribution in [-0.4, -0.2) is 12.5 Å². The van der Waals surface area contributed by atoms with Crippen LogP contribution in [0, 0.1) is 0 Å². The van der Waals surface area contributed by atoms with Crippen molar-refractivity contribution in [1.82, 2.24) is 0 Å². The minimum atomic E-state index is -0.140. The largest absolute Gasteiger partial charge is 0.482 e. The number of nitrogen functional groups attached to an aromatic ring is 1. The van der Waals surface area contributed by atoms with E-state index in [9.17, 15) is 4.79 Å². The minimum Gasteiger partial charge on any atom is -0.482 e. The van der Waals surface area contributed by atoms with Crippen LogP contribution >= 0.6 is 23.2 Å². The van der Waals surface area contributed by atoms with Crippen LogP contribution in [0.2, 0.25) is 10.0 Å². The summed E-state index contributed by atoms with van der Waals surface area (Å²) in [5, 5.41) is 1.08. The number of rotatable bonds is 2. The number of nitrogens with two attached hydrogens (primary N) is 1. The summed E-state index contributed by atoms with van der Waals surface area (Å²) in [6, 6.07) is 10.4. The van der Waals surface area contributed by atoms with Gasteiger partial charge in [-0.2, -0.15) is 0 Å². The van der Waals surface area contributed by atoms with Gasteiger partial charge in [0.15, 0.2) is 6.61 Å². The second-order valence-corrected chi connectivity index (χ2v) is 5.58. The monoisotopic (exact) mass is 322 g/mol. The van der Waals surface area contributed by atoms with Gasteiger partial charge in [-0.3, -0.25) is 4.79 Å². The molecule has 0 atom stereocenters. The quantitative estimate of drug-likeness (QED) is 0.861. The van der Waals surface area contributed by atoms with Crippen LogP contribution in [0.1, 0.15) is 5.56 Å². The van der Waals surface area contributed by atoms with E-state index in [2.05, 4.69) is 0 Å². The van der Waals surface area contributed by atoms with Crippen LogP contribution in [0.5, 0.6) is 5.75 Å². The number of halogens is 2. The van der Waals surface area contributed by atoms with Crippen LogP contribution < -0.4 is 15.4 Å². The Bertz CT molecular complexity index is 719. The van der Waals surface area contributed by atoms with Crippen LogP contribution in [0.15, 0.2) is 36.4 Å². The van der Waals surface area contributed by atoms with Crippen molar-refractivity contribution in [3.05, 3.63) is 52.0 Å². The minimum absolute atomic E-state index is 0.00211. The predicted octanol–water partition coefficient (Wildman–Crippen LogP) is 3.50. The lowest BCUT2D eigenvalue weighted by molar-refractivity contribution is -0.121. The summed E-state index contributed by atoms with van der Waals surface area (Å²) in [5.74, 6) is 0.494. The summed E-state index contributed by atoms with van der Waals surface area (Å²) < 4.78 is 5.41. The second kappa shape index (κ2) is 5.47. The second-order valence-electron chi connectivity index (χ2n) is 4.73. The smallest absolute Gasteiger partial charge is 0.265 e. The lowest BCUT2D eigenvalue weighted by Gasteiger charge is -2.30. The molecule has 21 heavy (non-hydrogen) atoms. The molecule has 1 heterocycles. The van der Waals surface area contributed by atoms with Crippen molar-refractivity contribution < 1.29 is 9.53 Å². The van der Waals surface area contributed by atoms with Gasteiger partial charge in [0.2, 0.25) is 0 Å². The van der Waals surface area contributed by atoms with Gasteiger partial charge in [-0.25, -0.2) is 0 Å². The zero-order chi connectivity index (χ0) is 15.0. The van der Waals surface area contributed by atoms with Crippen molar-refractivity contribution in [2.75, 3.05) is 17.2 Å². The number of carbonyl (C=O) groups is 1. The maximum Gasteiger partial charge on any atom is 0.265 e. The molecule has 0 fully saturated rings. The number of hydrogen-bond donors (Lipinski definition) is 1. The molecule has 2 aromatic carbocycles. The molecular weight excluding hydrogens is 311 g/mol. The van der Waals surface area contributed by atoms with E-state index in [0.29, 0.717) is 33.7 Å². The number of carbonyl (C=O) groups excluding carboxylic acids is 1. The number of ether oxygens (including phenoxy) is 1. The fourth-order valence-corrected chi connectivity index (χ4v) is 2.68. The lowest BCUT2D eigenvalue weighted by Crippen LogP contribution is -2.38. The number of fused-ring (bicyclic) bond motifs is 1. The lowest BCUT2D eigenvalue weighted by atomic mass is 10.1. The number of nitrogens with zero attached hydrogens (tertiary/aromatic N) is 1. The predicted molar refractivity (Wildman–Crippen MR) is 84.0 cm³/mol. The molecule has 0 unspecified atom stereocenters. The van der Waals surface area contributed by atoms with Gasteiger partial charge in [0, 0.05) is 15.7 Å². The summed E-state index contributed by atoms with van der Waals surface area (Å²) in [6.45, 7) is 0.344. The van der Waals surface area contributed by atoms with E-state index < -0.39 is 0 Å². The fraction of sp³-hybridized carbons (Fsp3) is 0.133. The van der Waals surface area contributed by atoms with Crippen LogP contribution in [-0.2, 0) is 11.3 Å². The van der Waals surface area contributed by atoms with Gasteiger partial charge < -0.3 is 15.4 Å². The molecule has 0 saturated carbocycles. The average molecular weight is 323 g/mol. The summed E-state index contributed by atoms with van der Waals surface area (Å²) >= 11 is 12.1. The highest BCUT2D eigenvalue weighted by molar-refractivity contribution is 6.35. The third-order valence-corrected chi connectivity index (χ3v) is 3.86. The van der Waals surface area contributed by atoms with E-state index in [0.717, 1.165) is 5.56 Å². The van der Waals surface area contributed by atoms with E-state index in [4.69, 9.17) is 33.7 Å². The highest BCUT2D eigenvalue weighted by Crippen LogP contribution is 2.35. The van der Waals surface area contributed by atoms with E-state index >= 15 is 0 Å². The van der Waals surface area contributed by atoms with Crippen molar-refractivity contribution in [2.45, 2.75) is 6.54 Å². The Hall–Kier alpha value is -1.91. The van der Waals surface area contributed by atoms with Gasteiger partial charge in [0.05, 0.1) is 12.2 Å². The van der Waals surface area contributed by atoms with Crippen molar-refractivity contribution in [3.63, 3.8) is 0 Å². The van der Waals surface area contributed by atoms with E-state index in [1.807, 2.05) is 0 Å². The van der Waals surface area contributed by atoms with Gasteiger partial charge in [0.1, 0.15) is 5.75 Å². The zero-order valence-corrected chi connectivity index (χ0v) is 12.5. The maximum atomic E-state index is 12.1. The molecule has 4 nitrogen and oxygen atoms in total. The van der Waals surface area contributed by atoms with Gasteiger partial charge in [-0.1, -0.05) is 29.3 Å². The molecule has 0 radical (unpaired) electrons. The van der Waals surface area contributed by atoms with Crippen molar-refractivity contribution in [2.24, 2.45) is 0 Å². The molecule has 108 valence electrons. The van der Waals surface area contributed by atoms with Gasteiger partial charge in [0.25, 0.3) is 5.91 Å². The number of anilines is 2. The SMILES string of the molecule is Nc1ccc2c(c1)N(Cc1ccc(Cl)cc1Cl)C(=O)CO2. The Labute approximate surface area is 132 Å². The zero-order valence-electron chi connectivity index (χ0n) is 11.0. The van der Waals surface area contributed by atoms with E-state index in [1.165, 1.54) is 0 Å². The molecule has 2 N–H and O–H groups in total. The summed E-state index contributed by atoms with van der Waals surface area (Å²) in [7, 11) is 0. The molecule has 1 aliphatic heterocycles. The first-order chi connectivity index (χ1) is 10.0. The summed E-state index contributed by atoms with van der Waals surface area (Å²) in [4.78, 5) is 13.8. The molecular formula is C15H12Cl2N2O2. The Morgan fingerprint density at radius 1 is 1.19 bits per heavy atom. The van der Waals surface area contributed by atoms with Gasteiger partial charge in [-0.05, 0) is 35.9 Å². The molecule has 0 spiro atoms. The first kappa shape index (κ1) is 14.0. The molecule has 0 bridgehead atoms. The Morgan fingerprint density at radius 3 is 2.76 bits per heavy atom. The third-order valence-electron chi connectivity index (χ3n) is 3.27. The summed E-state index contributed by atoms with van der Waals surface area (Å²) in [5.41, 5.74) is 7.82. The molecule has 3 rings (SSSR count). The van der Waals surface area contributed by atoms with E-state index in [-0.39, 0.29) is 12.5 Å². The topological polar surface area (TPSA) is 55.6 Å². The first-order valence-corrected chi connectivity index (χ1v) is 7.07.